The summed E-state index contributed by atoms with van der Waals surface area (Å²) < 4.78 is 28.1. The second kappa shape index (κ2) is 10.7. The zero-order chi connectivity index (χ0) is 23.0. The molecule has 0 N–H and O–H groups in total. The zero-order valence-corrected chi connectivity index (χ0v) is 18.5. The second-order valence-electron chi connectivity index (χ2n) is 7.37. The smallest absolute Gasteiger partial charge is 0.308 e. The minimum Gasteiger partial charge on any atom is -0.382 e. The number of nitro benzene ring substituents is 1. The van der Waals surface area contributed by atoms with Crippen molar-refractivity contribution < 1.29 is 22.3 Å². The average molecular weight is 447 g/mol. The van der Waals surface area contributed by atoms with E-state index in [1.807, 2.05) is 13.8 Å². The number of carbonyl (C=O) groups excluding carboxylic acids is 1. The Kier molecular flexibility index (Phi) is 8.32. The summed E-state index contributed by atoms with van der Waals surface area (Å²) in [5.41, 5.74) is 1.50. The first kappa shape index (κ1) is 24.1. The lowest BCUT2D eigenvalue weighted by atomic mass is 10.1. The number of hydrogen-bond donors (Lipinski definition) is 0. The fourth-order valence-electron chi connectivity index (χ4n) is 2.73. The summed E-state index contributed by atoms with van der Waals surface area (Å²) in [4.78, 5) is 24.7. The number of rotatable bonds is 10. The van der Waals surface area contributed by atoms with E-state index in [1.54, 1.807) is 47.4 Å². The van der Waals surface area contributed by atoms with Gasteiger partial charge in [-0.25, -0.2) is 0 Å². The molecular formula is C22H26N2O6S. The molecule has 31 heavy (non-hydrogen) atoms. The van der Waals surface area contributed by atoms with Crippen LogP contribution in [0, 0.1) is 16.0 Å². The normalized spacial score (nSPS) is 11.6. The van der Waals surface area contributed by atoms with Crippen molar-refractivity contribution in [3.8, 4) is 5.75 Å². The van der Waals surface area contributed by atoms with E-state index in [9.17, 15) is 23.3 Å². The van der Waals surface area contributed by atoms with Crippen LogP contribution >= 0.6 is 0 Å². The fraction of sp³-hybridized carbons (Fsp3) is 0.318. The van der Waals surface area contributed by atoms with Gasteiger partial charge in [0.1, 0.15) is 5.75 Å². The van der Waals surface area contributed by atoms with Crippen molar-refractivity contribution in [2.45, 2.75) is 27.3 Å². The van der Waals surface area contributed by atoms with Gasteiger partial charge in [0, 0.05) is 31.3 Å². The van der Waals surface area contributed by atoms with Crippen molar-refractivity contribution in [1.29, 1.82) is 0 Å². The molecule has 8 nitrogen and oxygen atoms in total. The van der Waals surface area contributed by atoms with Crippen molar-refractivity contribution >= 4 is 27.8 Å². The molecular weight excluding hydrogens is 420 g/mol. The molecule has 0 aliphatic rings. The Morgan fingerprint density at radius 1 is 1.13 bits per heavy atom. The average Bonchev–Trinajstić information content (AvgIpc) is 2.72. The van der Waals surface area contributed by atoms with Crippen molar-refractivity contribution in [3.63, 3.8) is 0 Å². The number of nitro groups is 1. The van der Waals surface area contributed by atoms with Crippen LogP contribution in [0.1, 0.15) is 31.9 Å². The third-order valence-corrected chi connectivity index (χ3v) is 5.45. The molecule has 2 aromatic rings. The SMILES string of the molecule is CCS(=O)(=O)Oc1ccc(CN(CC(C)C)C(=O)C=Cc2ccc([N+](=O)[O-])cc2)cc1. The van der Waals surface area contributed by atoms with E-state index in [4.69, 9.17) is 4.18 Å². The molecule has 0 fully saturated rings. The van der Waals surface area contributed by atoms with Gasteiger partial charge in [-0.05, 0) is 54.3 Å². The van der Waals surface area contributed by atoms with Gasteiger partial charge in [0.2, 0.25) is 5.91 Å². The van der Waals surface area contributed by atoms with Gasteiger partial charge in [-0.3, -0.25) is 14.9 Å². The van der Waals surface area contributed by atoms with Gasteiger partial charge in [0.05, 0.1) is 10.7 Å². The van der Waals surface area contributed by atoms with Gasteiger partial charge < -0.3 is 9.08 Å². The van der Waals surface area contributed by atoms with Crippen molar-refractivity contribution in [3.05, 3.63) is 75.8 Å². The van der Waals surface area contributed by atoms with Crippen LogP contribution in [0.25, 0.3) is 6.08 Å². The molecule has 0 saturated heterocycles. The molecule has 0 radical (unpaired) electrons. The van der Waals surface area contributed by atoms with E-state index in [-0.39, 0.29) is 29.0 Å². The Morgan fingerprint density at radius 3 is 2.26 bits per heavy atom. The largest absolute Gasteiger partial charge is 0.382 e. The molecule has 166 valence electrons. The van der Waals surface area contributed by atoms with E-state index in [2.05, 4.69) is 0 Å². The number of nitrogens with zero attached hydrogens (tertiary/aromatic N) is 2. The van der Waals surface area contributed by atoms with E-state index >= 15 is 0 Å². The molecule has 0 aromatic heterocycles. The van der Waals surface area contributed by atoms with E-state index < -0.39 is 15.0 Å². The summed E-state index contributed by atoms with van der Waals surface area (Å²) >= 11 is 0. The lowest BCUT2D eigenvalue weighted by molar-refractivity contribution is -0.384. The number of benzene rings is 2. The van der Waals surface area contributed by atoms with Crippen LogP contribution in [0.4, 0.5) is 5.69 Å². The van der Waals surface area contributed by atoms with E-state index in [1.165, 1.54) is 25.1 Å². The summed E-state index contributed by atoms with van der Waals surface area (Å²) in [6, 6.07) is 12.5. The Bertz CT molecular complexity index is 1030. The van der Waals surface area contributed by atoms with Crippen LogP contribution in [-0.2, 0) is 21.5 Å². The number of hydrogen-bond acceptors (Lipinski definition) is 6. The third kappa shape index (κ3) is 7.86. The van der Waals surface area contributed by atoms with Crippen molar-refractivity contribution in [1.82, 2.24) is 4.90 Å². The lowest BCUT2D eigenvalue weighted by Gasteiger charge is -2.23. The monoisotopic (exact) mass is 446 g/mol. The maximum absolute atomic E-state index is 12.8. The topological polar surface area (TPSA) is 107 Å². The summed E-state index contributed by atoms with van der Waals surface area (Å²) in [6.45, 7) is 6.40. The minimum atomic E-state index is -3.59. The first-order chi connectivity index (χ1) is 14.6. The molecule has 0 spiro atoms. The molecule has 0 aliphatic heterocycles. The highest BCUT2D eigenvalue weighted by atomic mass is 32.2. The molecule has 2 rings (SSSR count). The molecule has 0 bridgehead atoms. The minimum absolute atomic E-state index is 0.0101. The Hall–Kier alpha value is -3.20. The summed E-state index contributed by atoms with van der Waals surface area (Å²) in [5, 5.41) is 10.7. The Labute approximate surface area is 182 Å². The molecule has 0 atom stereocenters. The van der Waals surface area contributed by atoms with Gasteiger partial charge >= 0.3 is 10.1 Å². The van der Waals surface area contributed by atoms with Gasteiger partial charge in [-0.15, -0.1) is 0 Å². The maximum Gasteiger partial charge on any atom is 0.308 e. The van der Waals surface area contributed by atoms with Crippen molar-refractivity contribution in [2.24, 2.45) is 5.92 Å². The highest BCUT2D eigenvalue weighted by Gasteiger charge is 2.14. The molecule has 9 heteroatoms. The van der Waals surface area contributed by atoms with Gasteiger partial charge in [-0.2, -0.15) is 8.42 Å². The maximum atomic E-state index is 12.8. The second-order valence-corrected chi connectivity index (χ2v) is 9.23. The Morgan fingerprint density at radius 2 is 1.74 bits per heavy atom. The van der Waals surface area contributed by atoms with Gasteiger partial charge in [-0.1, -0.05) is 26.0 Å². The standard InChI is InChI=1S/C22H26N2O6S/c1-4-31(28,29)30-21-12-7-19(8-13-21)16-23(15-17(2)3)22(25)14-9-18-5-10-20(11-6-18)24(26)27/h5-14,17H,4,15-16H2,1-3H3. The molecule has 0 aliphatic carbocycles. The van der Waals surface area contributed by atoms with Crippen LogP contribution in [0.15, 0.2) is 54.6 Å². The van der Waals surface area contributed by atoms with E-state index in [0.717, 1.165) is 5.56 Å². The first-order valence-electron chi connectivity index (χ1n) is 9.82. The van der Waals surface area contributed by atoms with Crippen LogP contribution < -0.4 is 4.18 Å². The Balaban J connectivity index is 2.10. The van der Waals surface area contributed by atoms with Crippen LogP contribution in [0.5, 0.6) is 5.75 Å². The van der Waals surface area contributed by atoms with Crippen LogP contribution in [0.2, 0.25) is 0 Å². The predicted octanol–water partition coefficient (Wildman–Crippen LogP) is 4.02. The first-order valence-corrected chi connectivity index (χ1v) is 11.4. The lowest BCUT2D eigenvalue weighted by Crippen LogP contribution is -2.32. The van der Waals surface area contributed by atoms with E-state index in [0.29, 0.717) is 18.7 Å². The molecule has 0 unspecified atom stereocenters. The molecule has 0 heterocycles. The quantitative estimate of drug-likeness (QED) is 0.236. The number of carbonyl (C=O) groups is 1. The number of non-ortho nitro benzene ring substituents is 1. The summed E-state index contributed by atoms with van der Waals surface area (Å²) in [5.74, 6) is 0.160. The predicted molar refractivity (Wildman–Crippen MR) is 119 cm³/mol. The van der Waals surface area contributed by atoms with Crippen LogP contribution in [0.3, 0.4) is 0 Å². The summed E-state index contributed by atoms with van der Waals surface area (Å²) in [7, 11) is -3.59. The molecule has 1 amide bonds. The molecule has 0 saturated carbocycles. The van der Waals surface area contributed by atoms with Gasteiger partial charge in [0.25, 0.3) is 5.69 Å². The van der Waals surface area contributed by atoms with Crippen LogP contribution in [-0.4, -0.2) is 36.4 Å². The fourth-order valence-corrected chi connectivity index (χ4v) is 3.25. The highest BCUT2D eigenvalue weighted by Crippen LogP contribution is 2.17. The number of amides is 1. The molecule has 2 aromatic carbocycles. The summed E-state index contributed by atoms with van der Waals surface area (Å²) in [6.07, 6.45) is 3.06. The highest BCUT2D eigenvalue weighted by molar-refractivity contribution is 7.87. The zero-order valence-electron chi connectivity index (χ0n) is 17.7. The third-order valence-electron chi connectivity index (χ3n) is 4.29. The van der Waals surface area contributed by atoms with Gasteiger partial charge in [0.15, 0.2) is 0 Å². The van der Waals surface area contributed by atoms with Crippen molar-refractivity contribution in [2.75, 3.05) is 12.3 Å².